The van der Waals surface area contributed by atoms with Gasteiger partial charge < -0.3 is 25.5 Å². The van der Waals surface area contributed by atoms with Gasteiger partial charge in [0.1, 0.15) is 5.70 Å². The zero-order valence-electron chi connectivity index (χ0n) is 13.2. The van der Waals surface area contributed by atoms with Gasteiger partial charge in [-0.15, -0.1) is 0 Å². The van der Waals surface area contributed by atoms with E-state index >= 15 is 0 Å². The molecular formula is C16H21N3O5. The van der Waals surface area contributed by atoms with Crippen LogP contribution < -0.4 is 10.2 Å². The third kappa shape index (κ3) is 4.10. The lowest BCUT2D eigenvalue weighted by molar-refractivity contribution is -0.137. The van der Waals surface area contributed by atoms with Gasteiger partial charge in [0, 0.05) is 30.5 Å². The van der Waals surface area contributed by atoms with Crippen molar-refractivity contribution in [3.05, 3.63) is 36.0 Å². The van der Waals surface area contributed by atoms with Crippen molar-refractivity contribution in [1.29, 1.82) is 0 Å². The number of rotatable bonds is 9. The van der Waals surface area contributed by atoms with E-state index in [9.17, 15) is 9.59 Å². The van der Waals surface area contributed by atoms with E-state index in [0.29, 0.717) is 18.8 Å². The number of carbonyl (C=O) groups excluding carboxylic acids is 2. The van der Waals surface area contributed by atoms with Crippen molar-refractivity contribution < 1.29 is 24.9 Å². The minimum Gasteiger partial charge on any atom is -0.395 e. The van der Waals surface area contributed by atoms with E-state index in [1.54, 1.807) is 24.3 Å². The molecule has 0 fully saturated rings. The van der Waals surface area contributed by atoms with Crippen molar-refractivity contribution in [2.24, 2.45) is 0 Å². The lowest BCUT2D eigenvalue weighted by Gasteiger charge is -2.23. The van der Waals surface area contributed by atoms with Crippen LogP contribution >= 0.6 is 0 Å². The molecule has 8 heteroatoms. The number of aliphatic hydroxyl groups is 3. The van der Waals surface area contributed by atoms with Crippen molar-refractivity contribution in [1.82, 2.24) is 4.90 Å². The van der Waals surface area contributed by atoms with Gasteiger partial charge in [-0.3, -0.25) is 14.5 Å². The van der Waals surface area contributed by atoms with E-state index in [1.807, 2.05) is 4.90 Å². The first-order chi connectivity index (χ1) is 11.6. The zero-order valence-corrected chi connectivity index (χ0v) is 13.2. The van der Waals surface area contributed by atoms with E-state index in [0.717, 1.165) is 10.6 Å². The Morgan fingerprint density at radius 1 is 0.958 bits per heavy atom. The fourth-order valence-electron chi connectivity index (χ4n) is 2.43. The number of anilines is 2. The lowest BCUT2D eigenvalue weighted by Crippen LogP contribution is -2.34. The van der Waals surface area contributed by atoms with E-state index in [-0.39, 0.29) is 32.1 Å². The number of nitrogens with zero attached hydrogens (tertiary/aromatic N) is 2. The van der Waals surface area contributed by atoms with Gasteiger partial charge in [-0.1, -0.05) is 0 Å². The maximum atomic E-state index is 12.1. The topological polar surface area (TPSA) is 113 Å². The third-order valence-corrected chi connectivity index (χ3v) is 3.58. The quantitative estimate of drug-likeness (QED) is 0.434. The summed E-state index contributed by atoms with van der Waals surface area (Å²) >= 11 is 0. The van der Waals surface area contributed by atoms with Crippen molar-refractivity contribution in [3.63, 3.8) is 0 Å². The second kappa shape index (κ2) is 8.44. The van der Waals surface area contributed by atoms with Gasteiger partial charge in [0.15, 0.2) is 0 Å². The Bertz CT molecular complexity index is 609. The van der Waals surface area contributed by atoms with Crippen LogP contribution in [0.3, 0.4) is 0 Å². The van der Waals surface area contributed by atoms with Gasteiger partial charge in [0.2, 0.25) is 0 Å². The Kier molecular flexibility index (Phi) is 6.30. The highest BCUT2D eigenvalue weighted by molar-refractivity contribution is 6.17. The van der Waals surface area contributed by atoms with Crippen LogP contribution in [-0.4, -0.2) is 71.5 Å². The first kappa shape index (κ1) is 17.9. The number of hydrogen-bond donors (Lipinski definition) is 4. The largest absolute Gasteiger partial charge is 0.395 e. The molecule has 24 heavy (non-hydrogen) atoms. The molecule has 8 nitrogen and oxygen atoms in total. The molecule has 0 unspecified atom stereocenters. The molecule has 0 aromatic heterocycles. The van der Waals surface area contributed by atoms with Crippen LogP contribution in [0.4, 0.5) is 11.4 Å². The van der Waals surface area contributed by atoms with E-state index in [2.05, 4.69) is 5.32 Å². The normalized spacial score (nSPS) is 14.1. The highest BCUT2D eigenvalue weighted by Gasteiger charge is 2.30. The average Bonchev–Trinajstić information content (AvgIpc) is 2.83. The molecule has 130 valence electrons. The Morgan fingerprint density at radius 3 is 2.12 bits per heavy atom. The Hall–Kier alpha value is -2.42. The van der Waals surface area contributed by atoms with Crippen LogP contribution in [-0.2, 0) is 9.59 Å². The lowest BCUT2D eigenvalue weighted by atomic mass is 10.2. The second-order valence-corrected chi connectivity index (χ2v) is 5.18. The number of amides is 2. The number of hydrogen-bond acceptors (Lipinski definition) is 7. The summed E-state index contributed by atoms with van der Waals surface area (Å²) in [6, 6.07) is 7.07. The number of β-amino-alcohol motifs (C(OH)–C–C–N with tert-alkyl or cyclic N) is 1. The highest BCUT2D eigenvalue weighted by atomic mass is 16.3. The fraction of sp³-hybridized carbons (Fsp3) is 0.375. The molecule has 0 spiro atoms. The molecule has 1 aliphatic heterocycles. The van der Waals surface area contributed by atoms with Gasteiger partial charge in [0.05, 0.1) is 26.4 Å². The molecule has 1 aromatic rings. The first-order valence-electron chi connectivity index (χ1n) is 7.63. The summed E-state index contributed by atoms with van der Waals surface area (Å²) in [5.41, 5.74) is 1.61. The molecule has 1 heterocycles. The maximum absolute atomic E-state index is 12.1. The molecule has 1 aliphatic rings. The number of benzene rings is 1. The van der Waals surface area contributed by atoms with Crippen molar-refractivity contribution in [3.8, 4) is 0 Å². The van der Waals surface area contributed by atoms with Crippen LogP contribution in [0, 0.1) is 0 Å². The molecule has 0 radical (unpaired) electrons. The zero-order chi connectivity index (χ0) is 17.5. The molecule has 0 bridgehead atoms. The van der Waals surface area contributed by atoms with Crippen molar-refractivity contribution >= 4 is 23.2 Å². The van der Waals surface area contributed by atoms with Gasteiger partial charge in [-0.2, -0.15) is 0 Å². The molecule has 0 atom stereocenters. The van der Waals surface area contributed by atoms with Crippen LogP contribution in [0.15, 0.2) is 36.0 Å². The van der Waals surface area contributed by atoms with E-state index < -0.39 is 11.8 Å². The minimum atomic E-state index is -0.472. The Morgan fingerprint density at radius 2 is 1.58 bits per heavy atom. The summed E-state index contributed by atoms with van der Waals surface area (Å²) in [5, 5.41) is 29.9. The minimum absolute atomic E-state index is 0.0236. The third-order valence-electron chi connectivity index (χ3n) is 3.58. The average molecular weight is 335 g/mol. The summed E-state index contributed by atoms with van der Waals surface area (Å²) in [6.07, 6.45) is 1.20. The Balaban J connectivity index is 2.05. The highest BCUT2D eigenvalue weighted by Crippen LogP contribution is 2.21. The molecule has 0 aliphatic carbocycles. The van der Waals surface area contributed by atoms with Crippen LogP contribution in [0.5, 0.6) is 0 Å². The molecular weight excluding hydrogens is 314 g/mol. The summed E-state index contributed by atoms with van der Waals surface area (Å²) < 4.78 is 0. The molecule has 2 amide bonds. The number of nitrogens with one attached hydrogen (secondary N) is 1. The fourth-order valence-corrected chi connectivity index (χ4v) is 2.43. The van der Waals surface area contributed by atoms with Gasteiger partial charge >= 0.3 is 0 Å². The molecule has 4 N–H and O–H groups in total. The second-order valence-electron chi connectivity index (χ2n) is 5.18. The summed E-state index contributed by atoms with van der Waals surface area (Å²) in [6.45, 7) is 0.450. The van der Waals surface area contributed by atoms with E-state index in [1.165, 1.54) is 6.08 Å². The standard InChI is InChI=1S/C16H21N3O5/c20-8-5-18(6-9-21)13-3-1-12(2-4-13)17-14-11-15(23)19(7-10-22)16(14)24/h1-4,11,17,20-22H,5-10H2. The molecule has 0 saturated heterocycles. The number of aliphatic hydroxyl groups excluding tert-OH is 3. The number of imide groups is 1. The van der Waals surface area contributed by atoms with Crippen molar-refractivity contribution in [2.75, 3.05) is 49.7 Å². The summed E-state index contributed by atoms with van der Waals surface area (Å²) in [5.74, 6) is -0.925. The first-order valence-corrected chi connectivity index (χ1v) is 7.63. The molecule has 0 saturated carbocycles. The number of carbonyl (C=O) groups is 2. The maximum Gasteiger partial charge on any atom is 0.277 e. The van der Waals surface area contributed by atoms with Crippen LogP contribution in [0.1, 0.15) is 0 Å². The SMILES string of the molecule is O=C1C=C(Nc2ccc(N(CCO)CCO)cc2)C(=O)N1CCO. The summed E-state index contributed by atoms with van der Waals surface area (Å²) in [7, 11) is 0. The van der Waals surface area contributed by atoms with Crippen molar-refractivity contribution in [2.45, 2.75) is 0 Å². The predicted octanol–water partition coefficient (Wildman–Crippen LogP) is -0.866. The smallest absolute Gasteiger partial charge is 0.277 e. The Labute approximate surface area is 139 Å². The van der Waals surface area contributed by atoms with Gasteiger partial charge in [0.25, 0.3) is 11.8 Å². The molecule has 1 aromatic carbocycles. The van der Waals surface area contributed by atoms with E-state index in [4.69, 9.17) is 15.3 Å². The molecule has 2 rings (SSSR count). The summed E-state index contributed by atoms with van der Waals surface area (Å²) in [4.78, 5) is 26.5. The van der Waals surface area contributed by atoms with Gasteiger partial charge in [-0.05, 0) is 24.3 Å². The van der Waals surface area contributed by atoms with Crippen LogP contribution in [0.2, 0.25) is 0 Å². The van der Waals surface area contributed by atoms with Crippen LogP contribution in [0.25, 0.3) is 0 Å². The predicted molar refractivity (Wildman–Crippen MR) is 88.3 cm³/mol. The van der Waals surface area contributed by atoms with Gasteiger partial charge in [-0.25, -0.2) is 0 Å². The monoisotopic (exact) mass is 335 g/mol.